The molecule has 0 aliphatic heterocycles. The first-order valence-corrected chi connectivity index (χ1v) is 5.03. The SMILES string of the molecule is Cc1ncccc1NC(C)CCCO. The van der Waals surface area contributed by atoms with Crippen LogP contribution >= 0.6 is 0 Å². The van der Waals surface area contributed by atoms with Crippen molar-refractivity contribution < 1.29 is 5.11 Å². The molecule has 0 aliphatic rings. The Morgan fingerprint density at radius 3 is 3.00 bits per heavy atom. The summed E-state index contributed by atoms with van der Waals surface area (Å²) >= 11 is 0. The van der Waals surface area contributed by atoms with E-state index in [1.807, 2.05) is 19.1 Å². The highest BCUT2D eigenvalue weighted by molar-refractivity contribution is 5.47. The Labute approximate surface area is 85.2 Å². The van der Waals surface area contributed by atoms with Gasteiger partial charge in [-0.25, -0.2) is 0 Å². The maximum absolute atomic E-state index is 8.70. The van der Waals surface area contributed by atoms with Crippen LogP contribution in [0.1, 0.15) is 25.5 Å². The van der Waals surface area contributed by atoms with Gasteiger partial charge in [-0.15, -0.1) is 0 Å². The van der Waals surface area contributed by atoms with Crippen LogP contribution in [-0.4, -0.2) is 22.7 Å². The van der Waals surface area contributed by atoms with Crippen LogP contribution in [0.25, 0.3) is 0 Å². The maximum Gasteiger partial charge on any atom is 0.0603 e. The van der Waals surface area contributed by atoms with Crippen molar-refractivity contribution in [3.05, 3.63) is 24.0 Å². The molecule has 1 aromatic heterocycles. The lowest BCUT2D eigenvalue weighted by Gasteiger charge is -2.15. The van der Waals surface area contributed by atoms with Gasteiger partial charge in [0.05, 0.1) is 11.4 Å². The first kappa shape index (κ1) is 11.0. The molecule has 1 rings (SSSR count). The molecule has 0 bridgehead atoms. The summed E-state index contributed by atoms with van der Waals surface area (Å²) < 4.78 is 0. The van der Waals surface area contributed by atoms with Gasteiger partial charge in [-0.3, -0.25) is 4.98 Å². The molecule has 0 aliphatic carbocycles. The Morgan fingerprint density at radius 1 is 1.57 bits per heavy atom. The number of rotatable bonds is 5. The second kappa shape index (κ2) is 5.60. The standard InChI is InChI=1S/C11H18N2O/c1-9(5-4-8-14)13-11-6-3-7-12-10(11)2/h3,6-7,9,13-14H,4-5,8H2,1-2H3. The van der Waals surface area contributed by atoms with Gasteiger partial charge in [-0.1, -0.05) is 0 Å². The van der Waals surface area contributed by atoms with Crippen LogP contribution in [0.2, 0.25) is 0 Å². The monoisotopic (exact) mass is 194 g/mol. The highest BCUT2D eigenvalue weighted by Gasteiger charge is 2.03. The van der Waals surface area contributed by atoms with Crippen LogP contribution in [0, 0.1) is 6.92 Å². The van der Waals surface area contributed by atoms with Crippen LogP contribution in [0.5, 0.6) is 0 Å². The summed E-state index contributed by atoms with van der Waals surface area (Å²) in [4.78, 5) is 4.20. The summed E-state index contributed by atoms with van der Waals surface area (Å²) in [7, 11) is 0. The number of aromatic nitrogens is 1. The molecule has 0 aromatic carbocycles. The van der Waals surface area contributed by atoms with Crippen LogP contribution in [-0.2, 0) is 0 Å². The quantitative estimate of drug-likeness (QED) is 0.753. The first-order valence-electron chi connectivity index (χ1n) is 5.03. The predicted molar refractivity (Wildman–Crippen MR) is 58.4 cm³/mol. The molecule has 14 heavy (non-hydrogen) atoms. The van der Waals surface area contributed by atoms with E-state index in [-0.39, 0.29) is 6.61 Å². The molecule has 0 fully saturated rings. The lowest BCUT2D eigenvalue weighted by Crippen LogP contribution is -2.16. The van der Waals surface area contributed by atoms with E-state index in [4.69, 9.17) is 5.11 Å². The van der Waals surface area contributed by atoms with Crippen LogP contribution in [0.3, 0.4) is 0 Å². The third-order valence-electron chi connectivity index (χ3n) is 2.20. The minimum Gasteiger partial charge on any atom is -0.396 e. The minimum atomic E-state index is 0.262. The fourth-order valence-corrected chi connectivity index (χ4v) is 1.37. The molecular formula is C11H18N2O. The van der Waals surface area contributed by atoms with Crippen LogP contribution in [0.15, 0.2) is 18.3 Å². The van der Waals surface area contributed by atoms with Gasteiger partial charge in [0.15, 0.2) is 0 Å². The number of aliphatic hydroxyl groups is 1. The summed E-state index contributed by atoms with van der Waals surface area (Å²) in [6.45, 7) is 4.36. The van der Waals surface area contributed by atoms with Gasteiger partial charge in [0.2, 0.25) is 0 Å². The third-order valence-corrected chi connectivity index (χ3v) is 2.20. The Hall–Kier alpha value is -1.09. The number of pyridine rings is 1. The fourth-order valence-electron chi connectivity index (χ4n) is 1.37. The Morgan fingerprint density at radius 2 is 2.36 bits per heavy atom. The van der Waals surface area contributed by atoms with Crippen molar-refractivity contribution in [2.45, 2.75) is 32.7 Å². The highest BCUT2D eigenvalue weighted by Crippen LogP contribution is 2.13. The molecule has 1 unspecified atom stereocenters. The van der Waals surface area contributed by atoms with E-state index in [0.29, 0.717) is 6.04 Å². The van der Waals surface area contributed by atoms with E-state index >= 15 is 0 Å². The molecule has 1 atom stereocenters. The third kappa shape index (κ3) is 3.34. The Bertz CT molecular complexity index is 276. The summed E-state index contributed by atoms with van der Waals surface area (Å²) in [6.07, 6.45) is 3.61. The second-order valence-electron chi connectivity index (χ2n) is 3.55. The normalized spacial score (nSPS) is 12.5. The number of hydrogen-bond donors (Lipinski definition) is 2. The number of anilines is 1. The van der Waals surface area contributed by atoms with E-state index in [2.05, 4.69) is 17.2 Å². The van der Waals surface area contributed by atoms with Gasteiger partial charge in [0, 0.05) is 18.8 Å². The van der Waals surface area contributed by atoms with Crippen LogP contribution < -0.4 is 5.32 Å². The number of aryl methyl sites for hydroxylation is 1. The van der Waals surface area contributed by atoms with Crippen molar-refractivity contribution in [1.29, 1.82) is 0 Å². The number of hydrogen-bond acceptors (Lipinski definition) is 3. The van der Waals surface area contributed by atoms with E-state index in [1.54, 1.807) is 6.20 Å². The zero-order chi connectivity index (χ0) is 10.4. The van der Waals surface area contributed by atoms with Crippen LogP contribution in [0.4, 0.5) is 5.69 Å². The van der Waals surface area contributed by atoms with E-state index in [9.17, 15) is 0 Å². The van der Waals surface area contributed by atoms with Gasteiger partial charge in [0.25, 0.3) is 0 Å². The molecule has 1 aromatic rings. The summed E-state index contributed by atoms with van der Waals surface area (Å²) in [5.41, 5.74) is 2.10. The molecule has 3 nitrogen and oxygen atoms in total. The van der Waals surface area contributed by atoms with Crippen molar-refractivity contribution in [1.82, 2.24) is 4.98 Å². The molecule has 78 valence electrons. The molecular weight excluding hydrogens is 176 g/mol. The minimum absolute atomic E-state index is 0.262. The largest absolute Gasteiger partial charge is 0.396 e. The zero-order valence-corrected chi connectivity index (χ0v) is 8.83. The van der Waals surface area contributed by atoms with Crippen molar-refractivity contribution >= 4 is 5.69 Å². The van der Waals surface area contributed by atoms with Crippen molar-refractivity contribution in [3.8, 4) is 0 Å². The van der Waals surface area contributed by atoms with Gasteiger partial charge >= 0.3 is 0 Å². The molecule has 0 saturated heterocycles. The maximum atomic E-state index is 8.70. The average molecular weight is 194 g/mol. The van der Waals surface area contributed by atoms with Crippen molar-refractivity contribution in [2.24, 2.45) is 0 Å². The van der Waals surface area contributed by atoms with Crippen molar-refractivity contribution in [3.63, 3.8) is 0 Å². The molecule has 0 amide bonds. The summed E-state index contributed by atoms with van der Waals surface area (Å²) in [5, 5.41) is 12.1. The van der Waals surface area contributed by atoms with Crippen molar-refractivity contribution in [2.75, 3.05) is 11.9 Å². The lowest BCUT2D eigenvalue weighted by molar-refractivity contribution is 0.282. The molecule has 0 spiro atoms. The Balaban J connectivity index is 2.47. The zero-order valence-electron chi connectivity index (χ0n) is 8.83. The smallest absolute Gasteiger partial charge is 0.0603 e. The number of nitrogens with one attached hydrogen (secondary N) is 1. The summed E-state index contributed by atoms with van der Waals surface area (Å²) in [6, 6.07) is 4.33. The average Bonchev–Trinajstić information content (AvgIpc) is 2.18. The molecule has 0 saturated carbocycles. The van der Waals surface area contributed by atoms with Gasteiger partial charge in [-0.2, -0.15) is 0 Å². The molecule has 2 N–H and O–H groups in total. The predicted octanol–water partition coefficient (Wildman–Crippen LogP) is 1.96. The Kier molecular flexibility index (Phi) is 4.40. The van der Waals surface area contributed by atoms with Gasteiger partial charge < -0.3 is 10.4 Å². The first-order chi connectivity index (χ1) is 6.74. The van der Waals surface area contributed by atoms with Gasteiger partial charge in [-0.05, 0) is 38.8 Å². The van der Waals surface area contributed by atoms with E-state index in [0.717, 1.165) is 24.2 Å². The molecule has 0 radical (unpaired) electrons. The number of nitrogens with zero attached hydrogens (tertiary/aromatic N) is 1. The van der Waals surface area contributed by atoms with Gasteiger partial charge in [0.1, 0.15) is 0 Å². The lowest BCUT2D eigenvalue weighted by atomic mass is 10.2. The summed E-state index contributed by atoms with van der Waals surface area (Å²) in [5.74, 6) is 0. The topological polar surface area (TPSA) is 45.2 Å². The van der Waals surface area contributed by atoms with E-state index < -0.39 is 0 Å². The molecule has 3 heteroatoms. The highest BCUT2D eigenvalue weighted by atomic mass is 16.2. The second-order valence-corrected chi connectivity index (χ2v) is 3.55. The fraction of sp³-hybridized carbons (Fsp3) is 0.545. The van der Waals surface area contributed by atoms with E-state index in [1.165, 1.54) is 0 Å². The number of aliphatic hydroxyl groups excluding tert-OH is 1. The molecule has 1 heterocycles.